The summed E-state index contributed by atoms with van der Waals surface area (Å²) in [5.74, 6) is -0.133. The van der Waals surface area contributed by atoms with Crippen LogP contribution in [0.15, 0.2) is 0 Å². The molecule has 132 valence electrons. The van der Waals surface area contributed by atoms with E-state index in [4.69, 9.17) is 13.6 Å². The summed E-state index contributed by atoms with van der Waals surface area (Å²) in [6.07, 6.45) is 1.51. The smallest absolute Gasteiger partial charge is 0.334 e. The summed E-state index contributed by atoms with van der Waals surface area (Å²) in [5.41, 5.74) is 0. The van der Waals surface area contributed by atoms with Crippen molar-refractivity contribution in [3.8, 4) is 0 Å². The van der Waals surface area contributed by atoms with Crippen LogP contribution >= 0.6 is 0 Å². The van der Waals surface area contributed by atoms with Crippen LogP contribution in [-0.2, 0) is 18.4 Å². The molecule has 0 aliphatic heterocycles. The van der Waals surface area contributed by atoms with Gasteiger partial charge in [-0.25, -0.2) is 0 Å². The Balaban J connectivity index is 4.46. The summed E-state index contributed by atoms with van der Waals surface area (Å²) in [4.78, 5) is 11.4. The predicted octanol–water partition coefficient (Wildman–Crippen LogP) is 3.22. The van der Waals surface area contributed by atoms with Crippen LogP contribution in [-0.4, -0.2) is 60.7 Å². The zero-order valence-electron chi connectivity index (χ0n) is 15.5. The Hall–Kier alpha value is -0.216. The topological polar surface area (TPSA) is 48.0 Å². The van der Waals surface area contributed by atoms with Crippen molar-refractivity contribution in [3.05, 3.63) is 0 Å². The number of esters is 1. The third-order valence-electron chi connectivity index (χ3n) is 3.72. The molecule has 0 aromatic heterocycles. The Bertz CT molecular complexity index is 315. The summed E-state index contributed by atoms with van der Waals surface area (Å²) in [6, 6.07) is 0.994. The van der Waals surface area contributed by atoms with Crippen LogP contribution in [0.1, 0.15) is 26.7 Å². The lowest BCUT2D eigenvalue weighted by atomic mass is 10.4. The van der Waals surface area contributed by atoms with Crippen LogP contribution in [0.2, 0.25) is 32.2 Å². The van der Waals surface area contributed by atoms with Crippen molar-refractivity contribution in [2.24, 2.45) is 0 Å². The van der Waals surface area contributed by atoms with Crippen LogP contribution in [0, 0.1) is 0 Å². The van der Waals surface area contributed by atoms with Crippen LogP contribution in [0.25, 0.3) is 0 Å². The number of rotatable bonds is 12. The number of carbonyl (C=O) groups is 1. The van der Waals surface area contributed by atoms with E-state index in [1.54, 1.807) is 0 Å². The molecule has 0 saturated carbocycles. The van der Waals surface area contributed by atoms with E-state index in [1.807, 2.05) is 13.8 Å². The van der Waals surface area contributed by atoms with Gasteiger partial charge in [0.1, 0.15) is 8.24 Å². The van der Waals surface area contributed by atoms with Crippen molar-refractivity contribution >= 4 is 22.8 Å². The molecule has 0 amide bonds. The van der Waals surface area contributed by atoms with Gasteiger partial charge in [-0.1, -0.05) is 19.6 Å². The van der Waals surface area contributed by atoms with Crippen LogP contribution in [0.3, 0.4) is 0 Å². The van der Waals surface area contributed by atoms with Gasteiger partial charge in [-0.05, 0) is 39.4 Å². The predicted molar refractivity (Wildman–Crippen MR) is 95.8 cm³/mol. The molecule has 0 aromatic rings. The first-order valence-corrected chi connectivity index (χ1v) is 14.3. The largest absolute Gasteiger partial charge is 0.469 e. The highest BCUT2D eigenvalue weighted by Crippen LogP contribution is 2.18. The third-order valence-corrected chi connectivity index (χ3v) is 9.13. The molecule has 0 heterocycles. The van der Waals surface area contributed by atoms with E-state index in [0.29, 0.717) is 19.6 Å². The number of hydrogen-bond donors (Lipinski definition) is 0. The van der Waals surface area contributed by atoms with Gasteiger partial charge in [0, 0.05) is 19.8 Å². The maximum atomic E-state index is 11.4. The molecule has 0 unspecified atom stereocenters. The van der Waals surface area contributed by atoms with E-state index in [1.165, 1.54) is 7.11 Å². The molecule has 0 radical (unpaired) electrons. The Morgan fingerprint density at radius 3 is 1.95 bits per heavy atom. The van der Waals surface area contributed by atoms with Gasteiger partial charge in [-0.15, -0.1) is 0 Å². The summed E-state index contributed by atoms with van der Waals surface area (Å²) in [6.45, 7) is 16.3. The Morgan fingerprint density at radius 1 is 1.00 bits per heavy atom. The number of methoxy groups -OCH3 is 1. The highest BCUT2D eigenvalue weighted by molar-refractivity contribution is 6.73. The highest BCUT2D eigenvalue weighted by Gasteiger charge is 2.31. The molecular weight excluding hydrogens is 314 g/mol. The number of ether oxygens (including phenoxy) is 1. The fraction of sp³-hybridized carbons (Fsp3) is 0.933. The second-order valence-corrected chi connectivity index (χ2v) is 14.9. The summed E-state index contributed by atoms with van der Waals surface area (Å²) in [5, 5.41) is 0. The second-order valence-electron chi connectivity index (χ2n) is 6.59. The Morgan fingerprint density at radius 2 is 1.55 bits per heavy atom. The minimum Gasteiger partial charge on any atom is -0.469 e. The van der Waals surface area contributed by atoms with Crippen molar-refractivity contribution in [1.82, 2.24) is 4.57 Å². The van der Waals surface area contributed by atoms with E-state index in [9.17, 15) is 4.79 Å². The van der Waals surface area contributed by atoms with Gasteiger partial charge >= 0.3 is 14.5 Å². The van der Waals surface area contributed by atoms with Gasteiger partial charge in [0.2, 0.25) is 0 Å². The first kappa shape index (κ1) is 21.8. The average molecular weight is 350 g/mol. The molecule has 7 heteroatoms. The number of nitrogens with zero attached hydrogens (tertiary/aromatic N) is 1. The third kappa shape index (κ3) is 9.04. The molecule has 0 fully saturated rings. The molecule has 0 rings (SSSR count). The molecule has 22 heavy (non-hydrogen) atoms. The van der Waals surface area contributed by atoms with Crippen LogP contribution < -0.4 is 0 Å². The van der Waals surface area contributed by atoms with E-state index < -0.39 is 16.8 Å². The highest BCUT2D eigenvalue weighted by atomic mass is 28.4. The second kappa shape index (κ2) is 10.5. The van der Waals surface area contributed by atoms with Gasteiger partial charge < -0.3 is 18.2 Å². The molecule has 0 spiro atoms. The number of hydrogen-bond acceptors (Lipinski definition) is 5. The normalized spacial score (nSPS) is 12.7. The summed E-state index contributed by atoms with van der Waals surface area (Å²) in [7, 11) is -2.02. The van der Waals surface area contributed by atoms with Gasteiger partial charge in [0.15, 0.2) is 0 Å². The van der Waals surface area contributed by atoms with E-state index in [0.717, 1.165) is 25.6 Å². The van der Waals surface area contributed by atoms with Gasteiger partial charge in [0.25, 0.3) is 0 Å². The molecule has 0 aromatic carbocycles. The minimum absolute atomic E-state index is 0.133. The molecule has 5 nitrogen and oxygen atoms in total. The van der Waals surface area contributed by atoms with Crippen molar-refractivity contribution in [3.63, 3.8) is 0 Å². The monoisotopic (exact) mass is 349 g/mol. The zero-order chi connectivity index (χ0) is 17.2. The van der Waals surface area contributed by atoms with Gasteiger partial charge in [-0.3, -0.25) is 4.79 Å². The fourth-order valence-corrected chi connectivity index (χ4v) is 6.50. The molecule has 0 aliphatic carbocycles. The molecule has 0 N–H and O–H groups in total. The van der Waals surface area contributed by atoms with Crippen molar-refractivity contribution in [2.75, 3.05) is 33.4 Å². The van der Waals surface area contributed by atoms with Crippen molar-refractivity contribution < 1.29 is 18.4 Å². The molecule has 0 bridgehead atoms. The lowest BCUT2D eigenvalue weighted by Gasteiger charge is -2.35. The van der Waals surface area contributed by atoms with Crippen molar-refractivity contribution in [2.45, 2.75) is 58.9 Å². The summed E-state index contributed by atoms with van der Waals surface area (Å²) < 4.78 is 19.0. The average Bonchev–Trinajstić information content (AvgIpc) is 2.41. The van der Waals surface area contributed by atoms with Crippen molar-refractivity contribution in [1.29, 1.82) is 0 Å². The lowest BCUT2D eigenvalue weighted by molar-refractivity contribution is -0.140. The standard InChI is InChI=1S/C15H35NO4Si2/c1-8-19-22(7,20-9-2)14-10-12-16(21(4,5)6)13-11-15(17)18-3/h8-14H2,1-7H3. The van der Waals surface area contributed by atoms with Gasteiger partial charge in [-0.2, -0.15) is 0 Å². The van der Waals surface area contributed by atoms with E-state index in [-0.39, 0.29) is 5.97 Å². The molecule has 0 saturated heterocycles. The summed E-state index contributed by atoms with van der Waals surface area (Å²) >= 11 is 0. The SMILES string of the molecule is CCO[Si](C)(CCCN(CCC(=O)OC)[Si](C)(C)C)OCC. The Labute approximate surface area is 138 Å². The number of carbonyl (C=O) groups excluding carboxylic acids is 1. The van der Waals surface area contributed by atoms with Crippen LogP contribution in [0.5, 0.6) is 0 Å². The van der Waals surface area contributed by atoms with E-state index >= 15 is 0 Å². The maximum absolute atomic E-state index is 11.4. The van der Waals surface area contributed by atoms with E-state index in [2.05, 4.69) is 30.8 Å². The molecule has 0 atom stereocenters. The molecular formula is C15H35NO4Si2. The van der Waals surface area contributed by atoms with Crippen LogP contribution in [0.4, 0.5) is 0 Å². The Kier molecular flexibility index (Phi) is 10.4. The molecule has 0 aliphatic rings. The maximum Gasteiger partial charge on any atom is 0.334 e. The zero-order valence-corrected chi connectivity index (χ0v) is 17.5. The first-order valence-electron chi connectivity index (χ1n) is 8.28. The van der Waals surface area contributed by atoms with Gasteiger partial charge in [0.05, 0.1) is 13.5 Å². The minimum atomic E-state index is -2.03. The first-order chi connectivity index (χ1) is 10.2. The quantitative estimate of drug-likeness (QED) is 0.400. The fourth-order valence-electron chi connectivity index (χ4n) is 2.50. The lowest BCUT2D eigenvalue weighted by Crippen LogP contribution is -2.48.